The Bertz CT molecular complexity index is 614. The van der Waals surface area contributed by atoms with Crippen LogP contribution in [0.25, 0.3) is 0 Å². The molecule has 5 nitrogen and oxygen atoms in total. The van der Waals surface area contributed by atoms with Gasteiger partial charge in [-0.25, -0.2) is 12.8 Å². The number of hydrogen-bond acceptors (Lipinski definition) is 3. The predicted octanol–water partition coefficient (Wildman–Crippen LogP) is 1.37. The lowest BCUT2D eigenvalue weighted by molar-refractivity contribution is -0.140. The Labute approximate surface area is 110 Å². The van der Waals surface area contributed by atoms with Crippen LogP contribution in [0.4, 0.5) is 4.39 Å². The highest BCUT2D eigenvalue weighted by molar-refractivity contribution is 7.89. The number of carboxylic acids is 1. The maximum absolute atomic E-state index is 13.5. The smallest absolute Gasteiger partial charge is 0.322 e. The highest BCUT2D eigenvalue weighted by Crippen LogP contribution is 2.28. The molecule has 104 valence electrons. The molecule has 0 spiro atoms. The van der Waals surface area contributed by atoms with Crippen molar-refractivity contribution in [2.45, 2.75) is 30.7 Å². The van der Waals surface area contributed by atoms with E-state index >= 15 is 0 Å². The predicted molar refractivity (Wildman–Crippen MR) is 65.7 cm³/mol. The molecule has 1 aliphatic heterocycles. The SMILES string of the molecule is Cc1c(F)cccc1S(=O)(=O)N1CCC[C@H]1C(=O)O. The molecule has 1 aromatic rings. The molecule has 0 amide bonds. The lowest BCUT2D eigenvalue weighted by atomic mass is 10.2. The van der Waals surface area contributed by atoms with Gasteiger partial charge in [-0.3, -0.25) is 4.79 Å². The molecule has 1 aliphatic rings. The Morgan fingerprint density at radius 3 is 2.79 bits per heavy atom. The zero-order valence-electron chi connectivity index (χ0n) is 10.3. The van der Waals surface area contributed by atoms with Gasteiger partial charge in [0, 0.05) is 12.1 Å². The maximum Gasteiger partial charge on any atom is 0.322 e. The van der Waals surface area contributed by atoms with Crippen LogP contribution >= 0.6 is 0 Å². The standard InChI is InChI=1S/C12H14FNO4S/c1-8-9(13)4-2-6-11(8)19(17,18)14-7-3-5-10(14)12(15)16/h2,4,6,10H,3,5,7H2,1H3,(H,15,16)/t10-/m0/s1. The number of benzene rings is 1. The van der Waals surface area contributed by atoms with Gasteiger partial charge in [0.25, 0.3) is 0 Å². The summed E-state index contributed by atoms with van der Waals surface area (Å²) < 4.78 is 39.2. The van der Waals surface area contributed by atoms with Crippen LogP contribution in [0.3, 0.4) is 0 Å². The second-order valence-corrected chi connectivity index (χ2v) is 6.33. The van der Waals surface area contributed by atoms with Gasteiger partial charge in [-0.05, 0) is 31.9 Å². The number of halogens is 1. The van der Waals surface area contributed by atoms with Crippen molar-refractivity contribution in [3.63, 3.8) is 0 Å². The van der Waals surface area contributed by atoms with Crippen molar-refractivity contribution >= 4 is 16.0 Å². The van der Waals surface area contributed by atoms with E-state index in [2.05, 4.69) is 0 Å². The highest BCUT2D eigenvalue weighted by atomic mass is 32.2. The number of rotatable bonds is 3. The zero-order valence-corrected chi connectivity index (χ0v) is 11.2. The summed E-state index contributed by atoms with van der Waals surface area (Å²) in [6.07, 6.45) is 0.771. The van der Waals surface area contributed by atoms with Gasteiger partial charge in [-0.1, -0.05) is 6.07 Å². The molecule has 0 radical (unpaired) electrons. The van der Waals surface area contributed by atoms with E-state index in [0.29, 0.717) is 6.42 Å². The molecule has 1 aromatic carbocycles. The molecule has 0 bridgehead atoms. The van der Waals surface area contributed by atoms with E-state index in [0.717, 1.165) is 4.31 Å². The quantitative estimate of drug-likeness (QED) is 0.911. The first-order valence-electron chi connectivity index (χ1n) is 5.85. The summed E-state index contributed by atoms with van der Waals surface area (Å²) in [5, 5.41) is 9.04. The molecule has 7 heteroatoms. The number of carbonyl (C=O) groups is 1. The Kier molecular flexibility index (Phi) is 3.60. The summed E-state index contributed by atoms with van der Waals surface area (Å²) in [4.78, 5) is 10.9. The minimum Gasteiger partial charge on any atom is -0.480 e. The van der Waals surface area contributed by atoms with Gasteiger partial charge in [-0.2, -0.15) is 4.31 Å². The number of hydrogen-bond donors (Lipinski definition) is 1. The molecular weight excluding hydrogens is 273 g/mol. The van der Waals surface area contributed by atoms with Crippen molar-refractivity contribution in [3.05, 3.63) is 29.6 Å². The largest absolute Gasteiger partial charge is 0.480 e. The van der Waals surface area contributed by atoms with Crippen molar-refractivity contribution in [2.24, 2.45) is 0 Å². The average Bonchev–Trinajstić information content (AvgIpc) is 2.82. The summed E-state index contributed by atoms with van der Waals surface area (Å²) in [6.45, 7) is 1.52. The van der Waals surface area contributed by atoms with Crippen LogP contribution in [0, 0.1) is 12.7 Å². The van der Waals surface area contributed by atoms with Gasteiger partial charge in [0.1, 0.15) is 11.9 Å². The molecule has 1 fully saturated rings. The molecule has 0 aromatic heterocycles. The molecule has 1 atom stereocenters. The van der Waals surface area contributed by atoms with E-state index in [1.165, 1.54) is 25.1 Å². The van der Waals surface area contributed by atoms with Crippen LogP contribution in [0.2, 0.25) is 0 Å². The van der Waals surface area contributed by atoms with Crippen LogP contribution in [0.15, 0.2) is 23.1 Å². The van der Waals surface area contributed by atoms with E-state index in [1.54, 1.807) is 0 Å². The Balaban J connectivity index is 2.48. The first-order valence-corrected chi connectivity index (χ1v) is 7.29. The average molecular weight is 287 g/mol. The second kappa shape index (κ2) is 4.90. The van der Waals surface area contributed by atoms with Gasteiger partial charge < -0.3 is 5.11 Å². The molecule has 19 heavy (non-hydrogen) atoms. The summed E-state index contributed by atoms with van der Waals surface area (Å²) in [5.74, 6) is -1.79. The summed E-state index contributed by atoms with van der Waals surface area (Å²) in [6, 6.07) is 2.71. The fourth-order valence-electron chi connectivity index (χ4n) is 2.27. The second-order valence-electron chi connectivity index (χ2n) is 4.47. The van der Waals surface area contributed by atoms with Crippen molar-refractivity contribution in [1.82, 2.24) is 4.31 Å². The van der Waals surface area contributed by atoms with Crippen LogP contribution in [-0.4, -0.2) is 36.4 Å². The molecule has 0 aliphatic carbocycles. The van der Waals surface area contributed by atoms with Gasteiger partial charge in [-0.15, -0.1) is 0 Å². The third kappa shape index (κ3) is 2.35. The zero-order chi connectivity index (χ0) is 14.2. The van der Waals surface area contributed by atoms with Gasteiger partial charge in [0.15, 0.2) is 0 Å². The number of sulfonamides is 1. The molecule has 2 rings (SSSR count). The lowest BCUT2D eigenvalue weighted by Crippen LogP contribution is -2.40. The van der Waals surface area contributed by atoms with E-state index in [-0.39, 0.29) is 23.4 Å². The van der Waals surface area contributed by atoms with Crippen molar-refractivity contribution in [3.8, 4) is 0 Å². The number of aliphatic carboxylic acids is 1. The van der Waals surface area contributed by atoms with Crippen molar-refractivity contribution < 1.29 is 22.7 Å². The summed E-state index contributed by atoms with van der Waals surface area (Å²) in [5.41, 5.74) is 0.0125. The fraction of sp³-hybridized carbons (Fsp3) is 0.417. The van der Waals surface area contributed by atoms with Crippen LogP contribution in [-0.2, 0) is 14.8 Å². The fourth-order valence-corrected chi connectivity index (χ4v) is 4.16. The monoisotopic (exact) mass is 287 g/mol. The Morgan fingerprint density at radius 1 is 1.47 bits per heavy atom. The summed E-state index contributed by atoms with van der Waals surface area (Å²) >= 11 is 0. The molecule has 1 N–H and O–H groups in total. The minimum absolute atomic E-state index is 0.0125. The Morgan fingerprint density at radius 2 is 2.16 bits per heavy atom. The number of nitrogens with zero attached hydrogens (tertiary/aromatic N) is 1. The molecular formula is C12H14FNO4S. The van der Waals surface area contributed by atoms with E-state index in [1.807, 2.05) is 0 Å². The normalized spacial score (nSPS) is 20.6. The number of carboxylic acid groups (broad SMARTS) is 1. The lowest BCUT2D eigenvalue weighted by Gasteiger charge is -2.22. The molecule has 0 saturated carbocycles. The topological polar surface area (TPSA) is 74.7 Å². The molecule has 1 saturated heterocycles. The summed E-state index contributed by atoms with van der Waals surface area (Å²) in [7, 11) is -3.97. The first-order chi connectivity index (χ1) is 8.85. The van der Waals surface area contributed by atoms with Gasteiger partial charge in [0.05, 0.1) is 4.90 Å². The maximum atomic E-state index is 13.5. The van der Waals surface area contributed by atoms with Gasteiger partial charge >= 0.3 is 5.97 Å². The third-order valence-electron chi connectivity index (χ3n) is 3.29. The van der Waals surface area contributed by atoms with Crippen LogP contribution in [0.1, 0.15) is 18.4 Å². The van der Waals surface area contributed by atoms with Crippen molar-refractivity contribution in [1.29, 1.82) is 0 Å². The van der Waals surface area contributed by atoms with Crippen molar-refractivity contribution in [2.75, 3.05) is 6.54 Å². The van der Waals surface area contributed by atoms with Crippen LogP contribution in [0.5, 0.6) is 0 Å². The van der Waals surface area contributed by atoms with E-state index < -0.39 is 27.9 Å². The highest BCUT2D eigenvalue weighted by Gasteiger charge is 2.40. The Hall–Kier alpha value is -1.47. The molecule has 0 unspecified atom stereocenters. The third-order valence-corrected chi connectivity index (χ3v) is 5.35. The van der Waals surface area contributed by atoms with E-state index in [4.69, 9.17) is 5.11 Å². The van der Waals surface area contributed by atoms with Gasteiger partial charge in [0.2, 0.25) is 10.0 Å². The first kappa shape index (κ1) is 14.0. The molecule has 1 heterocycles. The van der Waals surface area contributed by atoms with E-state index in [9.17, 15) is 17.6 Å². The van der Waals surface area contributed by atoms with Crippen LogP contribution < -0.4 is 0 Å². The minimum atomic E-state index is -3.97.